The van der Waals surface area contributed by atoms with Crippen LogP contribution in [0.1, 0.15) is 38.2 Å². The highest BCUT2D eigenvalue weighted by molar-refractivity contribution is 9.10. The molecule has 0 saturated carbocycles. The summed E-state index contributed by atoms with van der Waals surface area (Å²) >= 11 is 3.29. The molecule has 0 radical (unpaired) electrons. The maximum Gasteiger partial charge on any atom is 0.124 e. The topological polar surface area (TPSA) is 26.0 Å². The van der Waals surface area contributed by atoms with Crippen LogP contribution in [0, 0.1) is 5.82 Å². The van der Waals surface area contributed by atoms with Crippen molar-refractivity contribution in [2.45, 2.75) is 45.1 Å². The lowest BCUT2D eigenvalue weighted by Gasteiger charge is -2.11. The van der Waals surface area contributed by atoms with Crippen LogP contribution in [-0.4, -0.2) is 6.04 Å². The van der Waals surface area contributed by atoms with E-state index in [0.29, 0.717) is 0 Å². The first kappa shape index (κ1) is 13.7. The van der Waals surface area contributed by atoms with Crippen LogP contribution in [0.5, 0.6) is 0 Å². The van der Waals surface area contributed by atoms with E-state index in [1.165, 1.54) is 18.9 Å². The molecule has 0 fully saturated rings. The van der Waals surface area contributed by atoms with E-state index in [1.54, 1.807) is 6.07 Å². The van der Waals surface area contributed by atoms with E-state index in [9.17, 15) is 4.39 Å². The summed E-state index contributed by atoms with van der Waals surface area (Å²) in [6, 6.07) is 5.10. The molecule has 0 aliphatic heterocycles. The standard InChI is InChI=1S/C13H19BrFN/c1-2-3-4-5-13(16)8-10-6-11(14)9-12(15)7-10/h6-7,9,13H,2-5,8,16H2,1H3. The van der Waals surface area contributed by atoms with Crippen molar-refractivity contribution in [2.24, 2.45) is 5.73 Å². The van der Waals surface area contributed by atoms with Crippen molar-refractivity contribution >= 4 is 15.9 Å². The van der Waals surface area contributed by atoms with Gasteiger partial charge < -0.3 is 5.73 Å². The average Bonchev–Trinajstić information content (AvgIpc) is 2.16. The van der Waals surface area contributed by atoms with Crippen LogP contribution in [0.2, 0.25) is 0 Å². The number of nitrogens with two attached hydrogens (primary N) is 1. The second-order valence-corrected chi connectivity index (χ2v) is 5.15. The minimum Gasteiger partial charge on any atom is -0.327 e. The third-order valence-electron chi connectivity index (χ3n) is 2.60. The van der Waals surface area contributed by atoms with Crippen LogP contribution < -0.4 is 5.73 Å². The largest absolute Gasteiger partial charge is 0.327 e. The molecule has 0 bridgehead atoms. The van der Waals surface area contributed by atoms with Crippen molar-refractivity contribution in [2.75, 3.05) is 0 Å². The van der Waals surface area contributed by atoms with Crippen LogP contribution in [0.15, 0.2) is 22.7 Å². The van der Waals surface area contributed by atoms with E-state index >= 15 is 0 Å². The van der Waals surface area contributed by atoms with Crippen LogP contribution in [-0.2, 0) is 6.42 Å². The minimum atomic E-state index is -0.204. The van der Waals surface area contributed by atoms with Crippen LogP contribution in [0.25, 0.3) is 0 Å². The molecular weight excluding hydrogens is 269 g/mol. The molecule has 0 aliphatic carbocycles. The third kappa shape index (κ3) is 5.08. The molecule has 0 amide bonds. The Kier molecular flexibility index (Phi) is 5.99. The fourth-order valence-corrected chi connectivity index (χ4v) is 2.30. The van der Waals surface area contributed by atoms with Gasteiger partial charge in [-0.05, 0) is 36.6 Å². The lowest BCUT2D eigenvalue weighted by atomic mass is 10.0. The molecular formula is C13H19BrFN. The number of hydrogen-bond donors (Lipinski definition) is 1. The Morgan fingerprint density at radius 3 is 2.69 bits per heavy atom. The van der Waals surface area contributed by atoms with E-state index in [0.717, 1.165) is 29.3 Å². The van der Waals surface area contributed by atoms with Gasteiger partial charge in [-0.2, -0.15) is 0 Å². The number of unbranched alkanes of at least 4 members (excludes halogenated alkanes) is 2. The van der Waals surface area contributed by atoms with Crippen molar-refractivity contribution in [1.29, 1.82) is 0 Å². The smallest absolute Gasteiger partial charge is 0.124 e. The van der Waals surface area contributed by atoms with Crippen LogP contribution >= 0.6 is 15.9 Å². The molecule has 0 aromatic heterocycles. The van der Waals surface area contributed by atoms with E-state index in [4.69, 9.17) is 5.73 Å². The summed E-state index contributed by atoms with van der Waals surface area (Å²) in [5, 5.41) is 0. The number of hydrogen-bond acceptors (Lipinski definition) is 1. The zero-order chi connectivity index (χ0) is 12.0. The van der Waals surface area contributed by atoms with Gasteiger partial charge in [0.25, 0.3) is 0 Å². The summed E-state index contributed by atoms with van der Waals surface area (Å²) in [5.41, 5.74) is 6.98. The molecule has 90 valence electrons. The lowest BCUT2D eigenvalue weighted by molar-refractivity contribution is 0.554. The Labute approximate surface area is 105 Å². The molecule has 1 unspecified atom stereocenters. The van der Waals surface area contributed by atoms with Gasteiger partial charge >= 0.3 is 0 Å². The minimum absolute atomic E-state index is 0.139. The predicted molar refractivity (Wildman–Crippen MR) is 69.9 cm³/mol. The van der Waals surface area contributed by atoms with Crippen molar-refractivity contribution in [3.8, 4) is 0 Å². The van der Waals surface area contributed by atoms with Gasteiger partial charge in [0.15, 0.2) is 0 Å². The highest BCUT2D eigenvalue weighted by Gasteiger charge is 2.06. The summed E-state index contributed by atoms with van der Waals surface area (Å²) in [6.07, 6.45) is 5.36. The van der Waals surface area contributed by atoms with Gasteiger partial charge in [-0.15, -0.1) is 0 Å². The molecule has 0 saturated heterocycles. The van der Waals surface area contributed by atoms with E-state index in [2.05, 4.69) is 22.9 Å². The van der Waals surface area contributed by atoms with Crippen molar-refractivity contribution in [3.05, 3.63) is 34.1 Å². The number of halogens is 2. The maximum absolute atomic E-state index is 13.1. The van der Waals surface area contributed by atoms with E-state index < -0.39 is 0 Å². The molecule has 1 aromatic rings. The molecule has 1 nitrogen and oxygen atoms in total. The third-order valence-corrected chi connectivity index (χ3v) is 3.06. The molecule has 0 aliphatic rings. The second kappa shape index (κ2) is 7.02. The fourth-order valence-electron chi connectivity index (χ4n) is 1.79. The Bertz CT molecular complexity index is 307. The zero-order valence-electron chi connectivity index (χ0n) is 9.68. The summed E-state index contributed by atoms with van der Waals surface area (Å²) in [7, 11) is 0. The summed E-state index contributed by atoms with van der Waals surface area (Å²) < 4.78 is 13.9. The van der Waals surface area contributed by atoms with Gasteiger partial charge in [0, 0.05) is 10.5 Å². The Morgan fingerprint density at radius 1 is 1.31 bits per heavy atom. The predicted octanol–water partition coefficient (Wildman–Crippen LogP) is 4.04. The van der Waals surface area contributed by atoms with Crippen LogP contribution in [0.4, 0.5) is 4.39 Å². The first-order chi connectivity index (χ1) is 7.61. The van der Waals surface area contributed by atoms with Gasteiger partial charge in [0.2, 0.25) is 0 Å². The maximum atomic E-state index is 13.1. The van der Waals surface area contributed by atoms with Crippen molar-refractivity contribution in [1.82, 2.24) is 0 Å². The Balaban J connectivity index is 2.45. The Hall–Kier alpha value is -0.410. The summed E-state index contributed by atoms with van der Waals surface area (Å²) in [5.74, 6) is -0.204. The fraction of sp³-hybridized carbons (Fsp3) is 0.538. The quantitative estimate of drug-likeness (QED) is 0.785. The molecule has 1 aromatic carbocycles. The van der Waals surface area contributed by atoms with Crippen molar-refractivity contribution in [3.63, 3.8) is 0 Å². The first-order valence-electron chi connectivity index (χ1n) is 5.82. The van der Waals surface area contributed by atoms with Crippen LogP contribution in [0.3, 0.4) is 0 Å². The molecule has 1 atom stereocenters. The van der Waals surface area contributed by atoms with Crippen molar-refractivity contribution < 1.29 is 4.39 Å². The van der Waals surface area contributed by atoms with Gasteiger partial charge in [-0.25, -0.2) is 4.39 Å². The second-order valence-electron chi connectivity index (χ2n) is 4.24. The SMILES string of the molecule is CCCCCC(N)Cc1cc(F)cc(Br)c1. The summed E-state index contributed by atoms with van der Waals surface area (Å²) in [4.78, 5) is 0. The lowest BCUT2D eigenvalue weighted by Crippen LogP contribution is -2.22. The van der Waals surface area contributed by atoms with Gasteiger partial charge in [0.05, 0.1) is 0 Å². The number of benzene rings is 1. The van der Waals surface area contributed by atoms with Gasteiger partial charge in [-0.3, -0.25) is 0 Å². The molecule has 2 N–H and O–H groups in total. The molecule has 1 rings (SSSR count). The van der Waals surface area contributed by atoms with E-state index in [1.807, 2.05) is 6.07 Å². The normalized spacial score (nSPS) is 12.8. The Morgan fingerprint density at radius 2 is 2.06 bits per heavy atom. The molecule has 16 heavy (non-hydrogen) atoms. The van der Waals surface area contributed by atoms with E-state index in [-0.39, 0.29) is 11.9 Å². The molecule has 0 spiro atoms. The molecule has 3 heteroatoms. The number of rotatable bonds is 6. The van der Waals surface area contributed by atoms with Gasteiger partial charge in [-0.1, -0.05) is 42.1 Å². The monoisotopic (exact) mass is 287 g/mol. The van der Waals surface area contributed by atoms with Gasteiger partial charge in [0.1, 0.15) is 5.82 Å². The zero-order valence-corrected chi connectivity index (χ0v) is 11.3. The summed E-state index contributed by atoms with van der Waals surface area (Å²) in [6.45, 7) is 2.18. The first-order valence-corrected chi connectivity index (χ1v) is 6.61. The highest BCUT2D eigenvalue weighted by atomic mass is 79.9. The molecule has 0 heterocycles. The average molecular weight is 288 g/mol. The highest BCUT2D eigenvalue weighted by Crippen LogP contribution is 2.17.